The zero-order valence-electron chi connectivity index (χ0n) is 11.0. The lowest BCUT2D eigenvalue weighted by Crippen LogP contribution is -2.26. The van der Waals surface area contributed by atoms with E-state index >= 15 is 0 Å². The predicted molar refractivity (Wildman–Crippen MR) is 77.5 cm³/mol. The number of carbonyl (C=O) groups is 1. The van der Waals surface area contributed by atoms with Gasteiger partial charge in [0.15, 0.2) is 5.15 Å². The molecular weight excluding hydrogens is 262 g/mol. The van der Waals surface area contributed by atoms with Crippen LogP contribution in [0.1, 0.15) is 23.8 Å². The van der Waals surface area contributed by atoms with Gasteiger partial charge in [-0.05, 0) is 25.5 Å². The highest BCUT2D eigenvalue weighted by Gasteiger charge is 2.14. The summed E-state index contributed by atoms with van der Waals surface area (Å²) in [6, 6.07) is 3.66. The monoisotopic (exact) mass is 277 g/mol. The number of nitrogens with one attached hydrogen (secondary N) is 1. The Morgan fingerprint density at radius 3 is 2.95 bits per heavy atom. The summed E-state index contributed by atoms with van der Waals surface area (Å²) < 4.78 is 1.76. The van der Waals surface area contributed by atoms with Crippen LogP contribution in [0.15, 0.2) is 30.5 Å². The molecule has 4 nitrogen and oxygen atoms in total. The summed E-state index contributed by atoms with van der Waals surface area (Å²) in [4.78, 5) is 16.1. The summed E-state index contributed by atoms with van der Waals surface area (Å²) in [5.41, 5.74) is 2.39. The van der Waals surface area contributed by atoms with Crippen LogP contribution in [0, 0.1) is 0 Å². The van der Waals surface area contributed by atoms with E-state index in [1.54, 1.807) is 10.8 Å². The molecular formula is C14H16ClN3O. The van der Waals surface area contributed by atoms with Gasteiger partial charge in [0.2, 0.25) is 0 Å². The standard InChI is InChI=1S/C14H16ClN3O/c1-9(2)4-6-17-14(19)11-8-10-5-7-16-13(15)12(10)18(11)3/h5,7-8H,1,4,6H2,2-3H3,(H,17,19). The smallest absolute Gasteiger partial charge is 0.267 e. The third-order valence-electron chi connectivity index (χ3n) is 2.97. The molecule has 0 aliphatic carbocycles. The van der Waals surface area contributed by atoms with E-state index in [9.17, 15) is 4.79 Å². The number of halogens is 1. The Hall–Kier alpha value is -1.81. The molecule has 1 amide bonds. The zero-order valence-corrected chi connectivity index (χ0v) is 11.8. The van der Waals surface area contributed by atoms with Gasteiger partial charge >= 0.3 is 0 Å². The Bertz CT molecular complexity index is 645. The molecule has 0 unspecified atom stereocenters. The van der Waals surface area contributed by atoms with Gasteiger partial charge in [0.25, 0.3) is 5.91 Å². The average molecular weight is 278 g/mol. The fourth-order valence-electron chi connectivity index (χ4n) is 1.95. The zero-order chi connectivity index (χ0) is 14.0. The van der Waals surface area contributed by atoms with Crippen molar-refractivity contribution >= 4 is 28.4 Å². The topological polar surface area (TPSA) is 46.9 Å². The van der Waals surface area contributed by atoms with E-state index in [-0.39, 0.29) is 5.91 Å². The molecule has 0 fully saturated rings. The lowest BCUT2D eigenvalue weighted by molar-refractivity contribution is 0.0946. The van der Waals surface area contributed by atoms with Crippen molar-refractivity contribution in [3.63, 3.8) is 0 Å². The van der Waals surface area contributed by atoms with Crippen molar-refractivity contribution in [2.75, 3.05) is 6.54 Å². The highest BCUT2D eigenvalue weighted by molar-refractivity contribution is 6.34. The Morgan fingerprint density at radius 2 is 2.32 bits per heavy atom. The maximum Gasteiger partial charge on any atom is 0.267 e. The van der Waals surface area contributed by atoms with E-state index in [0.29, 0.717) is 17.4 Å². The fraction of sp³-hybridized carbons (Fsp3) is 0.286. The molecule has 2 aromatic rings. The molecule has 0 atom stereocenters. The van der Waals surface area contributed by atoms with Crippen molar-refractivity contribution in [3.8, 4) is 0 Å². The highest BCUT2D eigenvalue weighted by atomic mass is 35.5. The Kier molecular flexibility index (Phi) is 3.90. The van der Waals surface area contributed by atoms with Crippen LogP contribution in [0.2, 0.25) is 5.15 Å². The number of carbonyl (C=O) groups excluding carboxylic acids is 1. The molecule has 100 valence electrons. The average Bonchev–Trinajstić information content (AvgIpc) is 2.67. The van der Waals surface area contributed by atoms with E-state index in [1.165, 1.54) is 0 Å². The summed E-state index contributed by atoms with van der Waals surface area (Å²) in [7, 11) is 1.81. The van der Waals surface area contributed by atoms with E-state index in [0.717, 1.165) is 22.9 Å². The van der Waals surface area contributed by atoms with Crippen molar-refractivity contribution in [2.45, 2.75) is 13.3 Å². The first-order chi connectivity index (χ1) is 9.00. The van der Waals surface area contributed by atoms with Gasteiger partial charge in [-0.25, -0.2) is 4.98 Å². The van der Waals surface area contributed by atoms with Crippen molar-refractivity contribution in [3.05, 3.63) is 41.3 Å². The van der Waals surface area contributed by atoms with Crippen LogP contribution in [-0.2, 0) is 7.05 Å². The Balaban J connectivity index is 2.25. The molecule has 0 aromatic carbocycles. The molecule has 0 radical (unpaired) electrons. The van der Waals surface area contributed by atoms with Gasteiger partial charge in [-0.2, -0.15) is 0 Å². The molecule has 0 bridgehead atoms. The SMILES string of the molecule is C=C(C)CCNC(=O)c1cc2ccnc(Cl)c2n1C. The molecule has 1 N–H and O–H groups in total. The lowest BCUT2D eigenvalue weighted by atomic mass is 10.2. The quantitative estimate of drug-likeness (QED) is 0.690. The van der Waals surface area contributed by atoms with Gasteiger partial charge in [0.1, 0.15) is 5.69 Å². The summed E-state index contributed by atoms with van der Waals surface area (Å²) >= 11 is 6.05. The normalized spacial score (nSPS) is 10.7. The summed E-state index contributed by atoms with van der Waals surface area (Å²) in [5, 5.41) is 4.18. The van der Waals surface area contributed by atoms with E-state index in [2.05, 4.69) is 16.9 Å². The van der Waals surface area contributed by atoms with Crippen LogP contribution in [0.3, 0.4) is 0 Å². The maximum absolute atomic E-state index is 12.1. The number of fused-ring (bicyclic) bond motifs is 1. The minimum Gasteiger partial charge on any atom is -0.350 e. The van der Waals surface area contributed by atoms with Crippen molar-refractivity contribution in [1.29, 1.82) is 0 Å². The fourth-order valence-corrected chi connectivity index (χ4v) is 2.25. The lowest BCUT2D eigenvalue weighted by Gasteiger charge is -2.06. The van der Waals surface area contributed by atoms with Gasteiger partial charge in [0.05, 0.1) is 5.52 Å². The Labute approximate surface area is 117 Å². The van der Waals surface area contributed by atoms with Crippen LogP contribution >= 0.6 is 11.6 Å². The van der Waals surface area contributed by atoms with Crippen LogP contribution in [0.25, 0.3) is 10.9 Å². The molecule has 19 heavy (non-hydrogen) atoms. The second kappa shape index (κ2) is 5.45. The predicted octanol–water partition coefficient (Wildman–Crippen LogP) is 2.92. The van der Waals surface area contributed by atoms with Crippen LogP contribution in [-0.4, -0.2) is 22.0 Å². The van der Waals surface area contributed by atoms with Gasteiger partial charge in [-0.15, -0.1) is 6.58 Å². The molecule has 5 heteroatoms. The van der Waals surface area contributed by atoms with E-state index in [4.69, 9.17) is 11.6 Å². The number of aryl methyl sites for hydroxylation is 1. The second-order valence-electron chi connectivity index (χ2n) is 4.59. The number of pyridine rings is 1. The number of rotatable bonds is 4. The first kappa shape index (κ1) is 13.6. The number of hydrogen-bond donors (Lipinski definition) is 1. The Morgan fingerprint density at radius 1 is 1.58 bits per heavy atom. The maximum atomic E-state index is 12.1. The van der Waals surface area contributed by atoms with Gasteiger partial charge in [0, 0.05) is 25.2 Å². The van der Waals surface area contributed by atoms with Gasteiger partial charge in [-0.3, -0.25) is 4.79 Å². The summed E-state index contributed by atoms with van der Waals surface area (Å²) in [6.07, 6.45) is 2.41. The van der Waals surface area contributed by atoms with E-state index in [1.807, 2.05) is 26.1 Å². The first-order valence-corrected chi connectivity index (χ1v) is 6.41. The summed E-state index contributed by atoms with van der Waals surface area (Å²) in [6.45, 7) is 6.33. The van der Waals surface area contributed by atoms with Gasteiger partial charge < -0.3 is 9.88 Å². The third kappa shape index (κ3) is 2.79. The van der Waals surface area contributed by atoms with Crippen molar-refractivity contribution < 1.29 is 4.79 Å². The largest absolute Gasteiger partial charge is 0.350 e. The van der Waals surface area contributed by atoms with Crippen molar-refractivity contribution in [1.82, 2.24) is 14.9 Å². The molecule has 0 saturated carbocycles. The minimum atomic E-state index is -0.115. The number of hydrogen-bond acceptors (Lipinski definition) is 2. The molecule has 0 spiro atoms. The highest BCUT2D eigenvalue weighted by Crippen LogP contribution is 2.24. The number of nitrogens with zero attached hydrogens (tertiary/aromatic N) is 2. The molecule has 0 saturated heterocycles. The van der Waals surface area contributed by atoms with Crippen molar-refractivity contribution in [2.24, 2.45) is 7.05 Å². The van der Waals surface area contributed by atoms with E-state index < -0.39 is 0 Å². The second-order valence-corrected chi connectivity index (χ2v) is 4.95. The number of amides is 1. The molecule has 2 aromatic heterocycles. The van der Waals surface area contributed by atoms with Gasteiger partial charge in [-0.1, -0.05) is 17.2 Å². The van der Waals surface area contributed by atoms with Crippen LogP contribution < -0.4 is 5.32 Å². The molecule has 0 aliphatic heterocycles. The van der Waals surface area contributed by atoms with Crippen LogP contribution in [0.4, 0.5) is 0 Å². The molecule has 2 heterocycles. The molecule has 0 aliphatic rings. The summed E-state index contributed by atoms with van der Waals surface area (Å²) in [5.74, 6) is -0.115. The van der Waals surface area contributed by atoms with Crippen LogP contribution in [0.5, 0.6) is 0 Å². The third-order valence-corrected chi connectivity index (χ3v) is 3.25. The minimum absolute atomic E-state index is 0.115. The molecule has 2 rings (SSSR count). The number of aromatic nitrogens is 2. The first-order valence-electron chi connectivity index (χ1n) is 6.03.